The molecular weight excluding hydrogens is 313 g/mol. The number of hydrogen-bond donors (Lipinski definition) is 0. The summed E-state index contributed by atoms with van der Waals surface area (Å²) in [6.07, 6.45) is 7.39. The molecule has 0 saturated heterocycles. The molecule has 2 aliphatic rings. The predicted molar refractivity (Wildman–Crippen MR) is 86.5 cm³/mol. The van der Waals surface area contributed by atoms with Crippen LogP contribution in [0.5, 0.6) is 0 Å². The lowest BCUT2D eigenvalue weighted by Gasteiger charge is -2.39. The van der Waals surface area contributed by atoms with Crippen LogP contribution < -0.4 is 0 Å². The SMILES string of the molecule is CC1CC(Cl)C(C(C#N)CC2CCC(Cl)CC2)C(Cl)C1. The minimum atomic E-state index is 0.00405. The van der Waals surface area contributed by atoms with Crippen molar-refractivity contribution in [1.82, 2.24) is 0 Å². The van der Waals surface area contributed by atoms with Crippen molar-refractivity contribution >= 4 is 34.8 Å². The molecule has 0 aromatic carbocycles. The van der Waals surface area contributed by atoms with Gasteiger partial charge in [-0.1, -0.05) is 6.92 Å². The van der Waals surface area contributed by atoms with E-state index in [1.807, 2.05) is 0 Å². The van der Waals surface area contributed by atoms with Crippen LogP contribution in [0.25, 0.3) is 0 Å². The highest BCUT2D eigenvalue weighted by molar-refractivity contribution is 6.24. The van der Waals surface area contributed by atoms with Crippen LogP contribution >= 0.6 is 34.8 Å². The zero-order chi connectivity index (χ0) is 14.7. The molecule has 0 radical (unpaired) electrons. The van der Waals surface area contributed by atoms with E-state index >= 15 is 0 Å². The molecule has 0 spiro atoms. The fourth-order valence-electron chi connectivity index (χ4n) is 3.92. The van der Waals surface area contributed by atoms with Gasteiger partial charge in [0.05, 0.1) is 12.0 Å². The molecule has 0 N–H and O–H groups in total. The van der Waals surface area contributed by atoms with E-state index in [2.05, 4.69) is 13.0 Å². The lowest BCUT2D eigenvalue weighted by Crippen LogP contribution is -2.39. The van der Waals surface area contributed by atoms with Gasteiger partial charge in [0.15, 0.2) is 0 Å². The molecule has 20 heavy (non-hydrogen) atoms. The van der Waals surface area contributed by atoms with Gasteiger partial charge in [0.2, 0.25) is 0 Å². The summed E-state index contributed by atoms with van der Waals surface area (Å²) < 4.78 is 0. The molecule has 0 aliphatic heterocycles. The van der Waals surface area contributed by atoms with Gasteiger partial charge in [-0.25, -0.2) is 0 Å². The summed E-state index contributed by atoms with van der Waals surface area (Å²) in [5.41, 5.74) is 0. The Morgan fingerprint density at radius 3 is 2.10 bits per heavy atom. The van der Waals surface area contributed by atoms with E-state index in [-0.39, 0.29) is 22.6 Å². The van der Waals surface area contributed by atoms with Crippen molar-refractivity contribution in [3.05, 3.63) is 0 Å². The first-order chi connectivity index (χ1) is 9.51. The van der Waals surface area contributed by atoms with Crippen LogP contribution in [0.2, 0.25) is 0 Å². The largest absolute Gasteiger partial charge is 0.198 e. The zero-order valence-corrected chi connectivity index (χ0v) is 14.3. The molecule has 0 bridgehead atoms. The van der Waals surface area contributed by atoms with Gasteiger partial charge in [-0.3, -0.25) is 0 Å². The quantitative estimate of drug-likeness (QED) is 0.618. The Morgan fingerprint density at radius 2 is 1.60 bits per heavy atom. The van der Waals surface area contributed by atoms with Crippen molar-refractivity contribution in [1.29, 1.82) is 5.26 Å². The Morgan fingerprint density at radius 1 is 1.05 bits per heavy atom. The van der Waals surface area contributed by atoms with Crippen molar-refractivity contribution in [3.63, 3.8) is 0 Å². The molecule has 114 valence electrons. The lowest BCUT2D eigenvalue weighted by molar-refractivity contribution is 0.213. The van der Waals surface area contributed by atoms with Gasteiger partial charge < -0.3 is 0 Å². The predicted octanol–water partition coefficient (Wildman–Crippen LogP) is 5.57. The van der Waals surface area contributed by atoms with Gasteiger partial charge in [0.1, 0.15) is 0 Å². The van der Waals surface area contributed by atoms with Gasteiger partial charge in [-0.2, -0.15) is 5.26 Å². The monoisotopic (exact) mass is 335 g/mol. The normalized spacial score (nSPS) is 43.8. The zero-order valence-electron chi connectivity index (χ0n) is 12.1. The van der Waals surface area contributed by atoms with E-state index in [0.29, 0.717) is 17.2 Å². The summed E-state index contributed by atoms with van der Waals surface area (Å²) in [7, 11) is 0. The number of nitrogens with zero attached hydrogens (tertiary/aromatic N) is 1. The first-order valence-electron chi connectivity index (χ1n) is 7.83. The molecule has 4 heteroatoms. The molecule has 0 amide bonds. The van der Waals surface area contributed by atoms with Crippen molar-refractivity contribution in [2.24, 2.45) is 23.7 Å². The molecule has 0 heterocycles. The molecule has 2 rings (SSSR count). The smallest absolute Gasteiger partial charge is 0.0659 e. The molecule has 3 atom stereocenters. The van der Waals surface area contributed by atoms with E-state index in [4.69, 9.17) is 34.8 Å². The molecule has 1 nitrogen and oxygen atoms in total. The number of alkyl halides is 3. The minimum Gasteiger partial charge on any atom is -0.198 e. The molecule has 2 saturated carbocycles. The Bertz CT molecular complexity index is 334. The number of rotatable bonds is 3. The average molecular weight is 337 g/mol. The van der Waals surface area contributed by atoms with E-state index in [1.165, 1.54) is 0 Å². The average Bonchev–Trinajstić information content (AvgIpc) is 2.38. The Balaban J connectivity index is 1.95. The number of hydrogen-bond acceptors (Lipinski definition) is 1. The highest BCUT2D eigenvalue weighted by atomic mass is 35.5. The maximum Gasteiger partial charge on any atom is 0.0659 e. The molecule has 0 aromatic rings. The van der Waals surface area contributed by atoms with Gasteiger partial charge in [-0.15, -0.1) is 34.8 Å². The highest BCUT2D eigenvalue weighted by Gasteiger charge is 2.40. The standard InChI is InChI=1S/C16H24Cl3N/c1-10-6-14(18)16(15(19)7-10)12(9-20)8-11-2-4-13(17)5-3-11/h10-16H,2-8H2,1H3. The van der Waals surface area contributed by atoms with E-state index < -0.39 is 0 Å². The number of halogens is 3. The third-order valence-electron chi connectivity index (χ3n) is 5.08. The Hall–Kier alpha value is 0.360. The van der Waals surface area contributed by atoms with Gasteiger partial charge >= 0.3 is 0 Å². The van der Waals surface area contributed by atoms with Crippen molar-refractivity contribution in [2.75, 3.05) is 0 Å². The third-order valence-corrected chi connectivity index (χ3v) is 6.46. The summed E-state index contributed by atoms with van der Waals surface area (Å²) in [4.78, 5) is 0. The summed E-state index contributed by atoms with van der Waals surface area (Å²) >= 11 is 19.2. The second-order valence-corrected chi connectivity index (χ2v) is 8.51. The van der Waals surface area contributed by atoms with Crippen LogP contribution in [-0.4, -0.2) is 16.1 Å². The molecule has 3 unspecified atom stereocenters. The van der Waals surface area contributed by atoms with Crippen molar-refractivity contribution < 1.29 is 0 Å². The van der Waals surface area contributed by atoms with Crippen LogP contribution in [0.1, 0.15) is 51.9 Å². The maximum absolute atomic E-state index is 9.57. The molecular formula is C16H24Cl3N. The van der Waals surface area contributed by atoms with E-state index in [0.717, 1.165) is 44.9 Å². The topological polar surface area (TPSA) is 23.8 Å². The summed E-state index contributed by atoms with van der Waals surface area (Å²) in [5.74, 6) is 1.35. The summed E-state index contributed by atoms with van der Waals surface area (Å²) in [6.45, 7) is 2.20. The van der Waals surface area contributed by atoms with Gasteiger partial charge in [0, 0.05) is 22.0 Å². The molecule has 0 aromatic heterocycles. The van der Waals surface area contributed by atoms with Crippen LogP contribution in [0.15, 0.2) is 0 Å². The van der Waals surface area contributed by atoms with Crippen molar-refractivity contribution in [3.8, 4) is 6.07 Å². The van der Waals surface area contributed by atoms with Crippen LogP contribution in [0.4, 0.5) is 0 Å². The van der Waals surface area contributed by atoms with Gasteiger partial charge in [-0.05, 0) is 56.8 Å². The number of nitriles is 1. The second kappa shape index (κ2) is 7.57. The summed E-state index contributed by atoms with van der Waals surface area (Å²) in [6, 6.07) is 2.50. The second-order valence-electron chi connectivity index (χ2n) is 6.78. The molecule has 2 fully saturated rings. The molecule has 2 aliphatic carbocycles. The van der Waals surface area contributed by atoms with Crippen molar-refractivity contribution in [2.45, 2.75) is 68.0 Å². The van der Waals surface area contributed by atoms with Gasteiger partial charge in [0.25, 0.3) is 0 Å². The Kier molecular flexibility index (Phi) is 6.33. The van der Waals surface area contributed by atoms with Crippen LogP contribution in [0.3, 0.4) is 0 Å². The Labute approximate surface area is 138 Å². The van der Waals surface area contributed by atoms with E-state index in [1.54, 1.807) is 0 Å². The van der Waals surface area contributed by atoms with E-state index in [9.17, 15) is 5.26 Å². The van der Waals surface area contributed by atoms with Crippen LogP contribution in [0, 0.1) is 35.0 Å². The maximum atomic E-state index is 9.57. The first-order valence-corrected chi connectivity index (χ1v) is 9.14. The lowest BCUT2D eigenvalue weighted by atomic mass is 9.71. The van der Waals surface area contributed by atoms with Crippen LogP contribution in [-0.2, 0) is 0 Å². The third kappa shape index (κ3) is 4.19. The first kappa shape index (κ1) is 16.7. The highest BCUT2D eigenvalue weighted by Crippen LogP contribution is 2.43. The fraction of sp³-hybridized carbons (Fsp3) is 0.938. The summed E-state index contributed by atoms with van der Waals surface area (Å²) in [5, 5.41) is 10.0. The fourth-order valence-corrected chi connectivity index (χ4v) is 5.56. The minimum absolute atomic E-state index is 0.00405.